The standard InChI is InChI=1S/C13H20N2OS/c1-17-13-10-4-2-3-5-11(10)15-12(13)6-7-14-8-9-16/h2-5,12-16H,6-9H2,1H3/p+1/t12-,13+/m0/s1. The van der Waals surface area contributed by atoms with Gasteiger partial charge in [-0.25, -0.2) is 0 Å². The molecule has 0 fully saturated rings. The first-order valence-electron chi connectivity index (χ1n) is 6.17. The molecule has 1 aromatic rings. The van der Waals surface area contributed by atoms with E-state index < -0.39 is 0 Å². The van der Waals surface area contributed by atoms with Crippen molar-refractivity contribution in [2.24, 2.45) is 0 Å². The summed E-state index contributed by atoms with van der Waals surface area (Å²) in [5, 5.41) is 15.1. The number of hydrogen-bond acceptors (Lipinski definition) is 3. The molecule has 0 unspecified atom stereocenters. The van der Waals surface area contributed by atoms with Crippen LogP contribution in [0.15, 0.2) is 24.3 Å². The molecule has 1 aliphatic rings. The van der Waals surface area contributed by atoms with Crippen LogP contribution >= 0.6 is 11.8 Å². The van der Waals surface area contributed by atoms with Crippen molar-refractivity contribution in [2.75, 3.05) is 31.3 Å². The summed E-state index contributed by atoms with van der Waals surface area (Å²) in [5.41, 5.74) is 2.73. The van der Waals surface area contributed by atoms with Crippen LogP contribution in [0.5, 0.6) is 0 Å². The highest BCUT2D eigenvalue weighted by Crippen LogP contribution is 2.42. The van der Waals surface area contributed by atoms with Gasteiger partial charge in [0.05, 0.1) is 24.9 Å². The Hall–Kier alpha value is -0.710. The molecule has 1 heterocycles. The Kier molecular flexibility index (Phi) is 4.71. The molecule has 94 valence electrons. The number of para-hydroxylation sites is 1. The molecule has 4 heteroatoms. The SMILES string of the molecule is CS[C@@H]1c2ccccc2N[C@H]1CC[NH2+]CCO. The maximum Gasteiger partial charge on any atom is 0.0990 e. The third-order valence-electron chi connectivity index (χ3n) is 3.24. The molecule has 1 aromatic carbocycles. The number of nitrogens with one attached hydrogen (secondary N) is 1. The van der Waals surface area contributed by atoms with Crippen molar-refractivity contribution >= 4 is 17.4 Å². The summed E-state index contributed by atoms with van der Waals surface area (Å²) in [5.74, 6) is 0. The lowest BCUT2D eigenvalue weighted by Gasteiger charge is -2.17. The zero-order chi connectivity index (χ0) is 12.1. The minimum absolute atomic E-state index is 0.268. The number of rotatable bonds is 6. The first-order chi connectivity index (χ1) is 8.36. The maximum atomic E-state index is 8.75. The Morgan fingerprint density at radius 3 is 2.94 bits per heavy atom. The van der Waals surface area contributed by atoms with Crippen molar-refractivity contribution in [3.63, 3.8) is 0 Å². The lowest BCUT2D eigenvalue weighted by Crippen LogP contribution is -2.85. The average molecular weight is 253 g/mol. The average Bonchev–Trinajstić information content (AvgIpc) is 2.72. The first-order valence-corrected chi connectivity index (χ1v) is 7.46. The van der Waals surface area contributed by atoms with Crippen LogP contribution < -0.4 is 10.6 Å². The van der Waals surface area contributed by atoms with Gasteiger partial charge in [0, 0.05) is 18.2 Å². The van der Waals surface area contributed by atoms with Crippen LogP contribution in [0.1, 0.15) is 17.2 Å². The lowest BCUT2D eigenvalue weighted by molar-refractivity contribution is -0.656. The van der Waals surface area contributed by atoms with Gasteiger partial charge < -0.3 is 15.7 Å². The van der Waals surface area contributed by atoms with Crippen LogP contribution in [-0.4, -0.2) is 37.1 Å². The number of thioether (sulfide) groups is 1. The third kappa shape index (κ3) is 2.94. The molecule has 0 spiro atoms. The monoisotopic (exact) mass is 253 g/mol. The number of quaternary nitrogens is 1. The summed E-state index contributed by atoms with van der Waals surface area (Å²) in [4.78, 5) is 0. The number of fused-ring (bicyclic) bond motifs is 1. The van der Waals surface area contributed by atoms with E-state index in [1.165, 1.54) is 11.3 Å². The van der Waals surface area contributed by atoms with Gasteiger partial charge in [-0.1, -0.05) is 18.2 Å². The highest BCUT2D eigenvalue weighted by atomic mass is 32.2. The van der Waals surface area contributed by atoms with Crippen molar-refractivity contribution in [1.82, 2.24) is 0 Å². The van der Waals surface area contributed by atoms with Gasteiger partial charge in [-0.05, 0) is 17.9 Å². The van der Waals surface area contributed by atoms with E-state index >= 15 is 0 Å². The molecule has 0 radical (unpaired) electrons. The number of hydrogen-bond donors (Lipinski definition) is 3. The fourth-order valence-electron chi connectivity index (χ4n) is 2.42. The maximum absolute atomic E-state index is 8.75. The second-order valence-corrected chi connectivity index (χ2v) is 5.35. The molecule has 0 aliphatic carbocycles. The molecule has 2 rings (SSSR count). The predicted octanol–water partition coefficient (Wildman–Crippen LogP) is 0.831. The Bertz CT molecular complexity index is 359. The van der Waals surface area contributed by atoms with E-state index in [0.29, 0.717) is 11.3 Å². The number of benzene rings is 1. The summed E-state index contributed by atoms with van der Waals surface area (Å²) in [6.07, 6.45) is 3.32. The van der Waals surface area contributed by atoms with Crippen LogP contribution in [-0.2, 0) is 0 Å². The normalized spacial score (nSPS) is 22.2. The summed E-state index contributed by atoms with van der Waals surface area (Å²) < 4.78 is 0. The quantitative estimate of drug-likeness (QED) is 0.658. The molecule has 3 nitrogen and oxygen atoms in total. The van der Waals surface area contributed by atoms with E-state index in [0.717, 1.165) is 19.5 Å². The Morgan fingerprint density at radius 1 is 1.35 bits per heavy atom. The topological polar surface area (TPSA) is 48.9 Å². The van der Waals surface area contributed by atoms with Gasteiger partial charge >= 0.3 is 0 Å². The van der Waals surface area contributed by atoms with Crippen molar-refractivity contribution in [2.45, 2.75) is 17.7 Å². The Labute approximate surface area is 107 Å². The first kappa shape index (κ1) is 12.7. The number of anilines is 1. The third-order valence-corrected chi connectivity index (χ3v) is 4.33. The Balaban J connectivity index is 1.93. The van der Waals surface area contributed by atoms with Gasteiger partial charge in [-0.2, -0.15) is 11.8 Å². The molecule has 0 bridgehead atoms. The van der Waals surface area contributed by atoms with Crippen molar-refractivity contribution in [1.29, 1.82) is 0 Å². The molecular weight excluding hydrogens is 232 g/mol. The molecule has 0 saturated heterocycles. The second kappa shape index (κ2) is 6.28. The minimum atomic E-state index is 0.268. The summed E-state index contributed by atoms with van der Waals surface area (Å²) in [6.45, 7) is 2.15. The molecule has 0 aromatic heterocycles. The molecule has 2 atom stereocenters. The van der Waals surface area contributed by atoms with E-state index in [1.807, 2.05) is 11.8 Å². The number of aliphatic hydroxyl groups is 1. The van der Waals surface area contributed by atoms with Crippen molar-refractivity contribution in [3.05, 3.63) is 29.8 Å². The molecule has 4 N–H and O–H groups in total. The van der Waals surface area contributed by atoms with Gasteiger partial charge in [-0.3, -0.25) is 0 Å². The number of nitrogens with two attached hydrogens (primary N) is 1. The highest BCUT2D eigenvalue weighted by Gasteiger charge is 2.30. The van der Waals surface area contributed by atoms with E-state index in [2.05, 4.69) is 41.2 Å². The van der Waals surface area contributed by atoms with Crippen molar-refractivity contribution < 1.29 is 10.4 Å². The molecule has 17 heavy (non-hydrogen) atoms. The molecule has 1 aliphatic heterocycles. The number of aliphatic hydroxyl groups excluding tert-OH is 1. The molecule has 0 amide bonds. The smallest absolute Gasteiger partial charge is 0.0990 e. The van der Waals surface area contributed by atoms with Crippen LogP contribution in [0, 0.1) is 0 Å². The van der Waals surface area contributed by atoms with Crippen LogP contribution in [0.2, 0.25) is 0 Å². The van der Waals surface area contributed by atoms with E-state index in [-0.39, 0.29) is 6.61 Å². The van der Waals surface area contributed by atoms with E-state index in [9.17, 15) is 0 Å². The zero-order valence-electron chi connectivity index (χ0n) is 10.2. The fraction of sp³-hybridized carbons (Fsp3) is 0.538. The van der Waals surface area contributed by atoms with Crippen LogP contribution in [0.25, 0.3) is 0 Å². The van der Waals surface area contributed by atoms with Gasteiger partial charge in [0.2, 0.25) is 0 Å². The lowest BCUT2D eigenvalue weighted by atomic mass is 10.1. The van der Waals surface area contributed by atoms with Gasteiger partial charge in [-0.15, -0.1) is 0 Å². The second-order valence-electron chi connectivity index (χ2n) is 4.37. The summed E-state index contributed by atoms with van der Waals surface area (Å²) in [6, 6.07) is 9.11. The van der Waals surface area contributed by atoms with Gasteiger partial charge in [0.25, 0.3) is 0 Å². The fourth-order valence-corrected chi connectivity index (χ4v) is 3.41. The zero-order valence-corrected chi connectivity index (χ0v) is 11.0. The summed E-state index contributed by atoms with van der Waals surface area (Å²) in [7, 11) is 0. The Morgan fingerprint density at radius 2 is 2.18 bits per heavy atom. The minimum Gasteiger partial charge on any atom is -0.391 e. The van der Waals surface area contributed by atoms with Crippen LogP contribution in [0.4, 0.5) is 5.69 Å². The predicted molar refractivity (Wildman–Crippen MR) is 73.5 cm³/mol. The molecular formula is C13H21N2OS+. The molecule has 0 saturated carbocycles. The van der Waals surface area contributed by atoms with Crippen LogP contribution in [0.3, 0.4) is 0 Å². The highest BCUT2D eigenvalue weighted by molar-refractivity contribution is 7.98. The van der Waals surface area contributed by atoms with E-state index in [4.69, 9.17) is 5.11 Å². The largest absolute Gasteiger partial charge is 0.391 e. The van der Waals surface area contributed by atoms with Crippen molar-refractivity contribution in [3.8, 4) is 0 Å². The summed E-state index contributed by atoms with van der Waals surface area (Å²) >= 11 is 1.92. The van der Waals surface area contributed by atoms with Gasteiger partial charge in [0.1, 0.15) is 0 Å². The van der Waals surface area contributed by atoms with Gasteiger partial charge in [0.15, 0.2) is 0 Å². The van der Waals surface area contributed by atoms with E-state index in [1.54, 1.807) is 0 Å².